The molecule has 0 atom stereocenters. The third-order valence-electron chi connectivity index (χ3n) is 4.05. The maximum Gasteiger partial charge on any atom is 0.416 e. The molecule has 0 aliphatic carbocycles. The van der Waals surface area contributed by atoms with Gasteiger partial charge in [-0.3, -0.25) is 9.69 Å². The highest BCUT2D eigenvalue weighted by atomic mass is 19.4. The second kappa shape index (κ2) is 6.79. The van der Waals surface area contributed by atoms with Gasteiger partial charge in [0, 0.05) is 11.4 Å². The molecule has 3 rings (SSSR count). The highest BCUT2D eigenvalue weighted by Gasteiger charge is 2.39. The number of esters is 1. The standard InChI is InChI=1S/C19H14F3NO4/c1-11-16(18(25)26-2)15(10-14-7-4-8-27-14)17(24)23(11)13-6-3-5-12(9-13)19(20,21)22/h3-10H,1-2H3. The molecule has 0 spiro atoms. The summed E-state index contributed by atoms with van der Waals surface area (Å²) < 4.78 is 49.0. The zero-order chi connectivity index (χ0) is 19.8. The van der Waals surface area contributed by atoms with Crippen LogP contribution in [0.15, 0.2) is 63.9 Å². The van der Waals surface area contributed by atoms with Crippen LogP contribution in [0.4, 0.5) is 18.9 Å². The van der Waals surface area contributed by atoms with Crippen LogP contribution in [0.1, 0.15) is 18.2 Å². The molecule has 0 saturated carbocycles. The van der Waals surface area contributed by atoms with E-state index < -0.39 is 23.6 Å². The fourth-order valence-corrected chi connectivity index (χ4v) is 2.83. The summed E-state index contributed by atoms with van der Waals surface area (Å²) in [6.07, 6.45) is -1.81. The molecule has 0 N–H and O–H groups in total. The van der Waals surface area contributed by atoms with E-state index in [4.69, 9.17) is 9.15 Å². The number of carbonyl (C=O) groups excluding carboxylic acids is 2. The summed E-state index contributed by atoms with van der Waals surface area (Å²) >= 11 is 0. The minimum atomic E-state index is -4.56. The van der Waals surface area contributed by atoms with Crippen molar-refractivity contribution in [2.75, 3.05) is 12.0 Å². The SMILES string of the molecule is COC(=O)C1=C(C)N(c2cccc(C(F)(F)F)c2)C(=O)C1=Cc1ccco1. The van der Waals surface area contributed by atoms with Crippen LogP contribution in [-0.4, -0.2) is 19.0 Å². The molecule has 2 aromatic rings. The highest BCUT2D eigenvalue weighted by Crippen LogP contribution is 2.38. The quantitative estimate of drug-likeness (QED) is 0.595. The molecule has 0 radical (unpaired) electrons. The van der Waals surface area contributed by atoms with Crippen molar-refractivity contribution < 1.29 is 31.9 Å². The van der Waals surface area contributed by atoms with E-state index in [0.29, 0.717) is 5.76 Å². The first-order valence-electron chi connectivity index (χ1n) is 7.80. The predicted molar refractivity (Wildman–Crippen MR) is 90.3 cm³/mol. The molecule has 5 nitrogen and oxygen atoms in total. The Kier molecular flexibility index (Phi) is 4.65. The van der Waals surface area contributed by atoms with Crippen LogP contribution in [0.3, 0.4) is 0 Å². The Morgan fingerprint density at radius 3 is 2.56 bits per heavy atom. The fourth-order valence-electron chi connectivity index (χ4n) is 2.83. The second-order valence-electron chi connectivity index (χ2n) is 5.71. The van der Waals surface area contributed by atoms with Crippen molar-refractivity contribution in [3.8, 4) is 0 Å². The molecule has 1 aliphatic rings. The van der Waals surface area contributed by atoms with Gasteiger partial charge in [-0.2, -0.15) is 13.2 Å². The number of hydrogen-bond acceptors (Lipinski definition) is 4. The minimum Gasteiger partial charge on any atom is -0.465 e. The van der Waals surface area contributed by atoms with Crippen molar-refractivity contribution in [3.63, 3.8) is 0 Å². The molecule has 8 heteroatoms. The molecule has 1 amide bonds. The van der Waals surface area contributed by atoms with Gasteiger partial charge < -0.3 is 9.15 Å². The van der Waals surface area contributed by atoms with Crippen LogP contribution in [0, 0.1) is 0 Å². The number of allylic oxidation sites excluding steroid dienone is 1. The van der Waals surface area contributed by atoms with E-state index >= 15 is 0 Å². The average molecular weight is 377 g/mol. The second-order valence-corrected chi connectivity index (χ2v) is 5.71. The van der Waals surface area contributed by atoms with Crippen LogP contribution < -0.4 is 4.90 Å². The van der Waals surface area contributed by atoms with Gasteiger partial charge in [0.05, 0.1) is 30.1 Å². The van der Waals surface area contributed by atoms with Crippen molar-refractivity contribution in [2.24, 2.45) is 0 Å². The Morgan fingerprint density at radius 2 is 1.96 bits per heavy atom. The number of amides is 1. The van der Waals surface area contributed by atoms with E-state index in [0.717, 1.165) is 24.1 Å². The van der Waals surface area contributed by atoms with Crippen LogP contribution in [0.25, 0.3) is 6.08 Å². The Bertz CT molecular complexity index is 956. The molecule has 1 aromatic carbocycles. The molecular weight excluding hydrogens is 363 g/mol. The molecule has 2 heterocycles. The van der Waals surface area contributed by atoms with E-state index in [-0.39, 0.29) is 22.5 Å². The van der Waals surface area contributed by atoms with Crippen LogP contribution >= 0.6 is 0 Å². The Hall–Kier alpha value is -3.29. The van der Waals surface area contributed by atoms with E-state index in [1.54, 1.807) is 12.1 Å². The summed E-state index contributed by atoms with van der Waals surface area (Å²) in [7, 11) is 1.16. The molecule has 0 saturated heterocycles. The molecule has 1 aromatic heterocycles. The van der Waals surface area contributed by atoms with Crippen LogP contribution in [0.2, 0.25) is 0 Å². The summed E-state index contributed by atoms with van der Waals surface area (Å²) in [6, 6.07) is 7.50. The number of nitrogens with zero attached hydrogens (tertiary/aromatic N) is 1. The summed E-state index contributed by atoms with van der Waals surface area (Å²) in [5.74, 6) is -1.10. The van der Waals surface area contributed by atoms with Gasteiger partial charge >= 0.3 is 12.1 Å². The van der Waals surface area contributed by atoms with Gasteiger partial charge in [0.1, 0.15) is 5.76 Å². The number of anilines is 1. The predicted octanol–water partition coefficient (Wildman–Crippen LogP) is 4.18. The highest BCUT2D eigenvalue weighted by molar-refractivity contribution is 6.23. The van der Waals surface area contributed by atoms with Crippen molar-refractivity contribution in [2.45, 2.75) is 13.1 Å². The largest absolute Gasteiger partial charge is 0.465 e. The van der Waals surface area contributed by atoms with Crippen LogP contribution in [0.5, 0.6) is 0 Å². The smallest absolute Gasteiger partial charge is 0.416 e. The number of hydrogen-bond donors (Lipinski definition) is 0. The maximum atomic E-state index is 13.0. The van der Waals surface area contributed by atoms with Gasteiger partial charge in [0.2, 0.25) is 0 Å². The van der Waals surface area contributed by atoms with Gasteiger partial charge in [-0.05, 0) is 43.3 Å². The average Bonchev–Trinajstić information content (AvgIpc) is 3.21. The Labute approximate surface area is 152 Å². The lowest BCUT2D eigenvalue weighted by Crippen LogP contribution is -2.24. The van der Waals surface area contributed by atoms with Crippen LogP contribution in [-0.2, 0) is 20.5 Å². The first-order valence-corrected chi connectivity index (χ1v) is 7.80. The zero-order valence-electron chi connectivity index (χ0n) is 14.3. The lowest BCUT2D eigenvalue weighted by atomic mass is 10.1. The van der Waals surface area contributed by atoms with Crippen molar-refractivity contribution in [3.05, 3.63) is 70.8 Å². The van der Waals surface area contributed by atoms with Gasteiger partial charge in [-0.15, -0.1) is 0 Å². The molecule has 140 valence electrons. The Balaban J connectivity index is 2.14. The molecule has 1 aliphatic heterocycles. The molecular formula is C19H14F3NO4. The molecule has 0 fully saturated rings. The Morgan fingerprint density at radius 1 is 1.22 bits per heavy atom. The number of benzene rings is 1. The van der Waals surface area contributed by atoms with Gasteiger partial charge in [-0.25, -0.2) is 4.79 Å². The number of carbonyl (C=O) groups is 2. The van der Waals surface area contributed by atoms with Crippen molar-refractivity contribution in [1.29, 1.82) is 0 Å². The molecule has 0 unspecified atom stereocenters. The fraction of sp³-hybridized carbons (Fsp3) is 0.158. The van der Waals surface area contributed by atoms with Gasteiger partial charge in [0.25, 0.3) is 5.91 Å². The third kappa shape index (κ3) is 3.38. The normalized spacial score (nSPS) is 16.4. The lowest BCUT2D eigenvalue weighted by Gasteiger charge is -2.19. The zero-order valence-corrected chi connectivity index (χ0v) is 14.3. The summed E-state index contributed by atoms with van der Waals surface area (Å²) in [5.41, 5.74) is -0.785. The van der Waals surface area contributed by atoms with E-state index in [1.165, 1.54) is 31.4 Å². The maximum absolute atomic E-state index is 13.0. The number of furan rings is 1. The third-order valence-corrected chi connectivity index (χ3v) is 4.05. The first-order chi connectivity index (χ1) is 12.7. The van der Waals surface area contributed by atoms with E-state index in [1.807, 2.05) is 0 Å². The number of ether oxygens (including phenoxy) is 1. The molecule has 27 heavy (non-hydrogen) atoms. The lowest BCUT2D eigenvalue weighted by molar-refractivity contribution is -0.137. The van der Waals surface area contributed by atoms with Crippen molar-refractivity contribution in [1.82, 2.24) is 0 Å². The summed E-state index contributed by atoms with van der Waals surface area (Å²) in [4.78, 5) is 26.2. The summed E-state index contributed by atoms with van der Waals surface area (Å²) in [6.45, 7) is 1.47. The number of methoxy groups -OCH3 is 1. The monoisotopic (exact) mass is 377 g/mol. The van der Waals surface area contributed by atoms with E-state index in [9.17, 15) is 22.8 Å². The minimum absolute atomic E-state index is 0.00317. The first kappa shape index (κ1) is 18.5. The van der Waals surface area contributed by atoms with Crippen molar-refractivity contribution >= 4 is 23.6 Å². The summed E-state index contributed by atoms with van der Waals surface area (Å²) in [5, 5.41) is 0. The number of alkyl halides is 3. The van der Waals surface area contributed by atoms with Gasteiger partial charge in [-0.1, -0.05) is 6.07 Å². The topological polar surface area (TPSA) is 59.8 Å². The van der Waals surface area contributed by atoms with E-state index in [2.05, 4.69) is 0 Å². The molecule has 0 bridgehead atoms. The number of rotatable bonds is 3. The van der Waals surface area contributed by atoms with Gasteiger partial charge in [0.15, 0.2) is 0 Å². The number of halogens is 3.